The van der Waals surface area contributed by atoms with Gasteiger partial charge in [-0.25, -0.2) is 8.42 Å². The van der Waals surface area contributed by atoms with Gasteiger partial charge < -0.3 is 9.64 Å². The van der Waals surface area contributed by atoms with Crippen molar-refractivity contribution in [1.82, 2.24) is 4.72 Å². The number of carbonyl (C=O) groups excluding carboxylic acids is 1. The fraction of sp³-hybridized carbons (Fsp3) is 0.458. The Morgan fingerprint density at radius 1 is 1.14 bits per heavy atom. The normalized spacial score (nSPS) is 28.6. The molecule has 6 nitrogen and oxygen atoms in total. The summed E-state index contributed by atoms with van der Waals surface area (Å²) in [6.07, 6.45) is 5.26. The monoisotopic (exact) mass is 516 g/mol. The van der Waals surface area contributed by atoms with E-state index in [0.717, 1.165) is 55.9 Å². The highest BCUT2D eigenvalue weighted by molar-refractivity contribution is 7.90. The molecule has 1 fully saturated rings. The number of aryl methyl sites for hydroxylation is 1. The largest absolute Gasteiger partial charge is 0.490 e. The van der Waals surface area contributed by atoms with E-state index in [1.54, 1.807) is 19.2 Å². The lowest BCUT2D eigenvalue weighted by Gasteiger charge is -2.45. The van der Waals surface area contributed by atoms with Crippen LogP contribution < -0.4 is 14.4 Å². The van der Waals surface area contributed by atoms with Crippen molar-refractivity contribution in [3.63, 3.8) is 0 Å². The summed E-state index contributed by atoms with van der Waals surface area (Å²) in [7, 11) is 2.83. The molecule has 2 aliphatic carbocycles. The molecule has 0 saturated heterocycles. The van der Waals surface area contributed by atoms with E-state index in [-0.39, 0.29) is 10.3 Å². The zero-order valence-electron chi connectivity index (χ0n) is 20.0. The highest BCUT2D eigenvalue weighted by atomic mass is 35.5. The van der Waals surface area contributed by atoms with Gasteiger partial charge in [-0.3, -0.25) is 9.52 Å². The Hall–Kier alpha value is -1.99. The van der Waals surface area contributed by atoms with Gasteiger partial charge in [0.1, 0.15) is 5.75 Å². The average Bonchev–Trinajstić information content (AvgIpc) is 2.98. The molecule has 2 heterocycles. The quantitative estimate of drug-likeness (QED) is 0.546. The minimum atomic E-state index is -4.02. The van der Waals surface area contributed by atoms with Crippen LogP contribution in [0.15, 0.2) is 41.3 Å². The van der Waals surface area contributed by atoms with E-state index < -0.39 is 15.8 Å². The fourth-order valence-corrected chi connectivity index (χ4v) is 7.35. The first-order chi connectivity index (χ1) is 17.3. The summed E-state index contributed by atoms with van der Waals surface area (Å²) in [5.74, 6) is 0.884. The number of carbonyl (C=O) groups is 1. The van der Waals surface area contributed by atoms with Crippen LogP contribution in [0.25, 0.3) is 0 Å². The Morgan fingerprint density at radius 3 is 2.86 bits per heavy atom. The number of halogens is 1. The third-order valence-corrected chi connectivity index (χ3v) is 9.78. The van der Waals surface area contributed by atoms with Crippen LogP contribution in [0.2, 0.25) is 10.8 Å². The SMILES string of the molecule is O=C1[B][B][B][B]C2CCC2CN2CC3(CCCc4cc(Cl)ccc43)COc3ccc(cc32)S(=O)(=O)N1. The van der Waals surface area contributed by atoms with E-state index in [4.69, 9.17) is 16.3 Å². The van der Waals surface area contributed by atoms with E-state index >= 15 is 0 Å². The molecule has 6 rings (SSSR count). The van der Waals surface area contributed by atoms with Crippen LogP contribution in [0.4, 0.5) is 10.5 Å². The molecule has 36 heavy (non-hydrogen) atoms. The number of hydrogen-bond acceptors (Lipinski definition) is 5. The Balaban J connectivity index is 1.44. The minimum Gasteiger partial charge on any atom is -0.490 e. The van der Waals surface area contributed by atoms with Crippen molar-refractivity contribution in [1.29, 1.82) is 0 Å². The van der Waals surface area contributed by atoms with Crippen molar-refractivity contribution < 1.29 is 17.9 Å². The van der Waals surface area contributed by atoms with Crippen molar-refractivity contribution in [2.75, 3.05) is 24.6 Å². The zero-order chi connectivity index (χ0) is 24.9. The number of hydrogen-bond donors (Lipinski definition) is 1. The molecule has 1 saturated carbocycles. The fourth-order valence-electron chi connectivity index (χ4n) is 6.19. The van der Waals surface area contributed by atoms with E-state index in [9.17, 15) is 13.2 Å². The van der Waals surface area contributed by atoms with Gasteiger partial charge in [0.15, 0.2) is 13.0 Å². The molecule has 2 bridgehead atoms. The van der Waals surface area contributed by atoms with Crippen LogP contribution in [0.3, 0.4) is 0 Å². The summed E-state index contributed by atoms with van der Waals surface area (Å²) < 4.78 is 34.6. The molecule has 2 aromatic carbocycles. The maximum absolute atomic E-state index is 13.0. The molecule has 3 unspecified atom stereocenters. The summed E-state index contributed by atoms with van der Waals surface area (Å²) in [6, 6.07) is 11.1. The van der Waals surface area contributed by atoms with Gasteiger partial charge in [0.2, 0.25) is 0 Å². The van der Waals surface area contributed by atoms with Gasteiger partial charge in [0, 0.05) is 37.6 Å². The minimum absolute atomic E-state index is 0.0566. The van der Waals surface area contributed by atoms with Crippen LogP contribution >= 0.6 is 11.6 Å². The molecule has 2 aromatic rings. The van der Waals surface area contributed by atoms with Crippen LogP contribution in [0.5, 0.6) is 5.75 Å². The third-order valence-electron chi connectivity index (χ3n) is 8.20. The molecule has 2 aliphatic heterocycles. The Bertz CT molecular complexity index is 1310. The lowest BCUT2D eigenvalue weighted by molar-refractivity contribution is 0.204. The molecular weight excluding hydrogens is 491 g/mol. The maximum atomic E-state index is 13.0. The van der Waals surface area contributed by atoms with Crippen molar-refractivity contribution in [3.8, 4) is 5.75 Å². The molecular formula is C24H25B4ClN2O4S. The molecule has 1 amide bonds. The number of amides is 1. The number of fused-ring (bicyclic) bond motifs is 4. The van der Waals surface area contributed by atoms with Crippen molar-refractivity contribution in [2.45, 2.75) is 48.2 Å². The van der Waals surface area contributed by atoms with Gasteiger partial charge in [-0.2, -0.15) is 0 Å². The standard InChI is InChI=1S/C24H25B4ClN2O4S/c29-17-4-6-19-15(10-17)2-1-9-24(19)13-31-12-16-3-7-20(16)25-27-28-26-23(32)30-36(33,34)18-5-8-22(35-14-24)21(31)11-18/h4-6,8,10-11,16,20H,1-3,7,9,12-14H2,(H,30,32). The van der Waals surface area contributed by atoms with Crippen LogP contribution in [-0.4, -0.2) is 62.4 Å². The van der Waals surface area contributed by atoms with Gasteiger partial charge >= 0.3 is 0 Å². The highest BCUT2D eigenvalue weighted by Gasteiger charge is 2.43. The summed E-state index contributed by atoms with van der Waals surface area (Å²) in [4.78, 5) is 14.7. The Morgan fingerprint density at radius 2 is 2.03 bits per heavy atom. The number of ether oxygens (including phenoxy) is 1. The second-order valence-corrected chi connectivity index (χ2v) is 12.6. The second-order valence-electron chi connectivity index (χ2n) is 10.4. The molecule has 1 spiro atoms. The highest BCUT2D eigenvalue weighted by Crippen LogP contribution is 2.47. The molecule has 0 aromatic heterocycles. The van der Waals surface area contributed by atoms with Crippen LogP contribution in [0.1, 0.15) is 36.8 Å². The summed E-state index contributed by atoms with van der Waals surface area (Å²) in [5, 5.41) is 0.747. The van der Waals surface area contributed by atoms with Crippen molar-refractivity contribution in [3.05, 3.63) is 52.5 Å². The summed E-state index contributed by atoms with van der Waals surface area (Å²) in [6.45, 7) is 2.07. The Kier molecular flexibility index (Phi) is 6.35. The van der Waals surface area contributed by atoms with Gasteiger partial charge in [-0.05, 0) is 73.1 Å². The smallest absolute Gasteiger partial charge is 0.263 e. The van der Waals surface area contributed by atoms with Crippen LogP contribution in [0, 0.1) is 5.92 Å². The number of nitrogens with zero attached hydrogens (tertiary/aromatic N) is 1. The predicted octanol–water partition coefficient (Wildman–Crippen LogP) is 2.99. The lowest BCUT2D eigenvalue weighted by Crippen LogP contribution is -2.48. The van der Waals surface area contributed by atoms with Crippen LogP contribution in [-0.2, 0) is 21.9 Å². The van der Waals surface area contributed by atoms with E-state index in [2.05, 4.69) is 28.9 Å². The molecule has 180 valence electrons. The van der Waals surface area contributed by atoms with E-state index in [1.165, 1.54) is 24.4 Å². The summed E-state index contributed by atoms with van der Waals surface area (Å²) in [5.41, 5.74) is 3.10. The number of sulfonamides is 1. The maximum Gasteiger partial charge on any atom is 0.263 e. The molecule has 12 heteroatoms. The third kappa shape index (κ3) is 4.47. The van der Waals surface area contributed by atoms with E-state index in [0.29, 0.717) is 24.1 Å². The topological polar surface area (TPSA) is 75.7 Å². The Labute approximate surface area is 220 Å². The number of rotatable bonds is 0. The zero-order valence-corrected chi connectivity index (χ0v) is 21.5. The first kappa shape index (κ1) is 24.4. The van der Waals surface area contributed by atoms with Gasteiger partial charge in [-0.1, -0.05) is 29.9 Å². The summed E-state index contributed by atoms with van der Waals surface area (Å²) >= 11 is 6.34. The van der Waals surface area contributed by atoms with Crippen molar-refractivity contribution >= 4 is 61.6 Å². The average molecular weight is 516 g/mol. The molecule has 3 atom stereocenters. The van der Waals surface area contributed by atoms with Gasteiger partial charge in [-0.15, -0.1) is 0 Å². The predicted molar refractivity (Wildman–Crippen MR) is 145 cm³/mol. The van der Waals surface area contributed by atoms with Gasteiger partial charge in [0.25, 0.3) is 10.0 Å². The molecule has 1 N–H and O–H groups in total. The number of nitrogens with one attached hydrogen (secondary N) is 1. The number of anilines is 1. The van der Waals surface area contributed by atoms with E-state index in [1.807, 2.05) is 13.1 Å². The molecule has 4 radical (unpaired) electrons. The number of benzene rings is 2. The molecule has 4 aliphatic rings. The van der Waals surface area contributed by atoms with Crippen molar-refractivity contribution in [2.24, 2.45) is 5.92 Å². The van der Waals surface area contributed by atoms with Gasteiger partial charge in [0.05, 0.1) is 24.4 Å². The lowest BCUT2D eigenvalue weighted by atomic mass is 9.05. The first-order valence-electron chi connectivity index (χ1n) is 12.6. The first-order valence-corrected chi connectivity index (χ1v) is 14.4. The second kappa shape index (κ2) is 9.39.